The molecule has 168 valence electrons. The largest absolute Gasteiger partial charge is 0.300 e. The van der Waals surface area contributed by atoms with Crippen molar-refractivity contribution in [2.45, 2.75) is 110 Å². The van der Waals surface area contributed by atoms with Crippen LogP contribution in [0.2, 0.25) is 0 Å². The fourth-order valence-corrected chi connectivity index (χ4v) is 8.94. The molecule has 30 heavy (non-hydrogen) atoms. The maximum absolute atomic E-state index is 12.3. The molecule has 2 aliphatic heterocycles. The molecule has 4 fully saturated rings. The number of rotatable bonds is 5. The summed E-state index contributed by atoms with van der Waals surface area (Å²) in [5, 5.41) is 0. The molecule has 0 unspecified atom stereocenters. The van der Waals surface area contributed by atoms with E-state index in [4.69, 9.17) is 9.78 Å². The van der Waals surface area contributed by atoms with Crippen LogP contribution in [0.25, 0.3) is 0 Å². The second-order valence-electron chi connectivity index (χ2n) is 12.5. The van der Waals surface area contributed by atoms with Gasteiger partial charge in [-0.15, -0.1) is 0 Å². The van der Waals surface area contributed by atoms with E-state index in [-0.39, 0.29) is 11.0 Å². The molecule has 0 N–H and O–H groups in total. The third kappa shape index (κ3) is 2.66. The highest BCUT2D eigenvalue weighted by molar-refractivity contribution is 5.81. The van der Waals surface area contributed by atoms with Crippen LogP contribution in [-0.2, 0) is 14.6 Å². The molecule has 3 nitrogen and oxygen atoms in total. The summed E-state index contributed by atoms with van der Waals surface area (Å²) >= 11 is 0. The first kappa shape index (κ1) is 21.2. The number of ketones is 1. The summed E-state index contributed by atoms with van der Waals surface area (Å²) in [7, 11) is 0. The molecule has 2 bridgehead atoms. The predicted molar refractivity (Wildman–Crippen MR) is 119 cm³/mol. The van der Waals surface area contributed by atoms with Gasteiger partial charge in [0, 0.05) is 30.1 Å². The van der Waals surface area contributed by atoms with Crippen molar-refractivity contribution < 1.29 is 14.6 Å². The minimum atomic E-state index is -0.523. The Morgan fingerprint density at radius 3 is 2.50 bits per heavy atom. The number of carbonyl (C=O) groups is 1. The zero-order valence-corrected chi connectivity index (χ0v) is 19.8. The summed E-state index contributed by atoms with van der Waals surface area (Å²) < 4.78 is 0. The molecular weight excluding hydrogens is 372 g/mol. The molecule has 0 radical (unpaired) electrons. The van der Waals surface area contributed by atoms with Crippen LogP contribution >= 0.6 is 0 Å². The van der Waals surface area contributed by atoms with E-state index in [2.05, 4.69) is 46.8 Å². The lowest BCUT2D eigenvalue weighted by molar-refractivity contribution is -0.492. The SMILES string of the molecule is CC(C)CCC[C@@H](C)[C@H]1CC[C@@H]2[C@]1(C)CC[C@H]1[C@]23C=C[C@@]2(CC(=O)CC[C@]12C)OO3. The third-order valence-electron chi connectivity index (χ3n) is 10.7. The number of fused-ring (bicyclic) bond motifs is 2. The van der Waals surface area contributed by atoms with Gasteiger partial charge in [0.15, 0.2) is 0 Å². The van der Waals surface area contributed by atoms with Crippen LogP contribution in [0.4, 0.5) is 0 Å². The lowest BCUT2D eigenvalue weighted by Gasteiger charge is -2.69. The highest BCUT2D eigenvalue weighted by atomic mass is 17.2. The first-order valence-electron chi connectivity index (χ1n) is 12.8. The average Bonchev–Trinajstić information content (AvgIpc) is 3.05. The van der Waals surface area contributed by atoms with E-state index in [1.807, 2.05) is 0 Å². The van der Waals surface area contributed by atoms with Crippen LogP contribution < -0.4 is 0 Å². The summed E-state index contributed by atoms with van der Waals surface area (Å²) in [6.45, 7) is 12.2. The van der Waals surface area contributed by atoms with Crippen molar-refractivity contribution in [3.63, 3.8) is 0 Å². The van der Waals surface area contributed by atoms with Gasteiger partial charge in [-0.2, -0.15) is 0 Å². The summed E-state index contributed by atoms with van der Waals surface area (Å²) in [4.78, 5) is 25.0. The smallest absolute Gasteiger partial charge is 0.136 e. The average molecular weight is 415 g/mol. The quantitative estimate of drug-likeness (QED) is 0.373. The van der Waals surface area contributed by atoms with Gasteiger partial charge >= 0.3 is 0 Å². The van der Waals surface area contributed by atoms with E-state index in [0.717, 1.165) is 24.2 Å². The van der Waals surface area contributed by atoms with E-state index >= 15 is 0 Å². The van der Waals surface area contributed by atoms with Crippen LogP contribution in [0.3, 0.4) is 0 Å². The van der Waals surface area contributed by atoms with Crippen molar-refractivity contribution in [2.24, 2.45) is 40.4 Å². The van der Waals surface area contributed by atoms with Gasteiger partial charge < -0.3 is 0 Å². The van der Waals surface area contributed by atoms with Crippen LogP contribution in [-0.4, -0.2) is 17.0 Å². The maximum Gasteiger partial charge on any atom is 0.136 e. The van der Waals surface area contributed by atoms with Crippen molar-refractivity contribution in [1.82, 2.24) is 0 Å². The molecular formula is C27H42O3. The van der Waals surface area contributed by atoms with Crippen molar-refractivity contribution >= 4 is 5.78 Å². The Kier molecular flexibility index (Phi) is 4.88. The van der Waals surface area contributed by atoms with Crippen LogP contribution in [0, 0.1) is 40.4 Å². The number of carbonyl (C=O) groups excluding carboxylic acids is 1. The van der Waals surface area contributed by atoms with E-state index in [1.165, 1.54) is 44.9 Å². The zero-order chi connectivity index (χ0) is 21.4. The predicted octanol–water partition coefficient (Wildman–Crippen LogP) is 6.66. The van der Waals surface area contributed by atoms with Gasteiger partial charge in [0.05, 0.1) is 0 Å². The molecule has 2 spiro atoms. The molecule has 3 heteroatoms. The highest BCUT2D eigenvalue weighted by Gasteiger charge is 2.74. The molecule has 3 saturated carbocycles. The fourth-order valence-electron chi connectivity index (χ4n) is 8.94. The van der Waals surface area contributed by atoms with Gasteiger partial charge in [-0.25, -0.2) is 9.78 Å². The Bertz CT molecular complexity index is 742. The molecule has 0 aromatic carbocycles. The van der Waals surface area contributed by atoms with Gasteiger partial charge in [-0.05, 0) is 61.3 Å². The Hall–Kier alpha value is -0.670. The van der Waals surface area contributed by atoms with Crippen LogP contribution in [0.1, 0.15) is 98.8 Å². The van der Waals surface area contributed by atoms with Crippen molar-refractivity contribution in [3.8, 4) is 0 Å². The molecule has 8 atom stereocenters. The Morgan fingerprint density at radius 1 is 1.00 bits per heavy atom. The van der Waals surface area contributed by atoms with E-state index in [1.54, 1.807) is 0 Å². The molecule has 4 aliphatic carbocycles. The summed E-state index contributed by atoms with van der Waals surface area (Å²) in [6.07, 6.45) is 15.9. The van der Waals surface area contributed by atoms with Crippen molar-refractivity contribution in [1.29, 1.82) is 0 Å². The molecule has 6 aliphatic rings. The second-order valence-corrected chi connectivity index (χ2v) is 12.5. The summed E-state index contributed by atoms with van der Waals surface area (Å²) in [6, 6.07) is 0. The second kappa shape index (κ2) is 6.91. The van der Waals surface area contributed by atoms with E-state index in [0.29, 0.717) is 35.9 Å². The van der Waals surface area contributed by atoms with Crippen LogP contribution in [0.15, 0.2) is 12.2 Å². The molecule has 2 heterocycles. The first-order valence-corrected chi connectivity index (χ1v) is 12.8. The molecule has 0 aromatic rings. The van der Waals surface area contributed by atoms with Gasteiger partial charge in [0.25, 0.3) is 0 Å². The Labute approximate surface area is 183 Å². The lowest BCUT2D eigenvalue weighted by Crippen LogP contribution is -2.73. The molecule has 6 rings (SSSR count). The number of hydrogen-bond acceptors (Lipinski definition) is 3. The monoisotopic (exact) mass is 414 g/mol. The van der Waals surface area contributed by atoms with Gasteiger partial charge in [-0.1, -0.05) is 60.0 Å². The summed E-state index contributed by atoms with van der Waals surface area (Å²) in [5.74, 6) is 3.71. The van der Waals surface area contributed by atoms with Gasteiger partial charge in [0.2, 0.25) is 0 Å². The van der Waals surface area contributed by atoms with Crippen molar-refractivity contribution in [2.75, 3.05) is 0 Å². The zero-order valence-electron chi connectivity index (χ0n) is 19.8. The van der Waals surface area contributed by atoms with Crippen molar-refractivity contribution in [3.05, 3.63) is 12.2 Å². The molecule has 0 amide bonds. The topological polar surface area (TPSA) is 35.5 Å². The lowest BCUT2D eigenvalue weighted by atomic mass is 9.43. The van der Waals surface area contributed by atoms with Crippen LogP contribution in [0.5, 0.6) is 0 Å². The van der Waals surface area contributed by atoms with E-state index in [9.17, 15) is 4.79 Å². The normalized spacial score (nSPS) is 50.3. The Balaban J connectivity index is 1.43. The summed E-state index contributed by atoms with van der Waals surface area (Å²) in [5.41, 5.74) is -0.448. The third-order valence-corrected chi connectivity index (χ3v) is 10.7. The minimum Gasteiger partial charge on any atom is -0.300 e. The highest BCUT2D eigenvalue weighted by Crippen LogP contribution is 2.72. The van der Waals surface area contributed by atoms with Gasteiger partial charge in [-0.3, -0.25) is 4.79 Å². The van der Waals surface area contributed by atoms with Gasteiger partial charge in [0.1, 0.15) is 17.0 Å². The standard InChI is InChI=1S/C27H42O3/c1-18(2)7-6-8-19(3)21-9-10-22-24(21,4)13-12-23-25(5)14-11-20(28)17-26(25)15-16-27(22,23)30-29-26/h15-16,18-19,21-23H,6-14,17H2,1-5H3/t19-,21-,22-,23-,24-,25-,26+,27+/m1/s1. The Morgan fingerprint density at radius 2 is 1.80 bits per heavy atom. The maximum atomic E-state index is 12.3. The molecule has 1 saturated heterocycles. The number of Topliss-reactive ketones (excluding diaryl/α,β-unsaturated/α-hetero) is 1. The molecule has 0 aromatic heterocycles. The fraction of sp³-hybridized carbons (Fsp3) is 0.889. The first-order chi connectivity index (χ1) is 14.2. The minimum absolute atomic E-state index is 0.0240. The van der Waals surface area contributed by atoms with E-state index < -0.39 is 5.60 Å². The number of hydrogen-bond donors (Lipinski definition) is 0.